The maximum absolute atomic E-state index is 12.6. The third-order valence-corrected chi connectivity index (χ3v) is 6.87. The highest BCUT2D eigenvalue weighted by Crippen LogP contribution is 2.27. The van der Waals surface area contributed by atoms with Gasteiger partial charge in [0.05, 0.1) is 28.8 Å². The molecule has 11 heteroatoms. The van der Waals surface area contributed by atoms with Gasteiger partial charge in [-0.3, -0.25) is 14.2 Å². The van der Waals surface area contributed by atoms with Gasteiger partial charge in [-0.05, 0) is 48.9 Å². The maximum Gasteiger partial charge on any atom is 0.287 e. The molecular weight excluding hydrogens is 484 g/mol. The summed E-state index contributed by atoms with van der Waals surface area (Å²) in [5.41, 5.74) is 2.75. The summed E-state index contributed by atoms with van der Waals surface area (Å²) in [6.45, 7) is 2.13. The molecule has 176 valence electrons. The van der Waals surface area contributed by atoms with E-state index >= 15 is 0 Å². The molecule has 0 spiro atoms. The van der Waals surface area contributed by atoms with E-state index < -0.39 is 0 Å². The van der Waals surface area contributed by atoms with Crippen LogP contribution in [0.2, 0.25) is 0 Å². The van der Waals surface area contributed by atoms with Crippen LogP contribution < -0.4 is 10.6 Å². The Morgan fingerprint density at radius 1 is 1.09 bits per heavy atom. The van der Waals surface area contributed by atoms with Crippen LogP contribution in [0, 0.1) is 6.92 Å². The van der Waals surface area contributed by atoms with Gasteiger partial charge in [-0.25, -0.2) is 4.98 Å². The molecule has 0 radical (unpaired) electrons. The van der Waals surface area contributed by atoms with Gasteiger partial charge >= 0.3 is 0 Å². The molecule has 0 aliphatic heterocycles. The average Bonchev–Trinajstić information content (AvgIpc) is 3.60. The molecule has 35 heavy (non-hydrogen) atoms. The van der Waals surface area contributed by atoms with Crippen molar-refractivity contribution >= 4 is 50.3 Å². The van der Waals surface area contributed by atoms with E-state index in [2.05, 4.69) is 25.8 Å². The van der Waals surface area contributed by atoms with Crippen molar-refractivity contribution < 1.29 is 14.0 Å². The summed E-state index contributed by atoms with van der Waals surface area (Å²) in [6.07, 6.45) is 1.44. The van der Waals surface area contributed by atoms with E-state index in [1.54, 1.807) is 12.1 Å². The molecule has 0 fully saturated rings. The van der Waals surface area contributed by atoms with E-state index in [1.165, 1.54) is 29.4 Å². The first kappa shape index (κ1) is 22.8. The molecule has 0 saturated heterocycles. The lowest BCUT2D eigenvalue weighted by molar-refractivity contribution is -0.113. The van der Waals surface area contributed by atoms with Gasteiger partial charge in [0.25, 0.3) is 5.91 Å². The Labute approximate surface area is 208 Å². The number of fused-ring (bicyclic) bond motifs is 1. The number of nitrogens with one attached hydrogen (secondary N) is 2. The number of hydrogen-bond donors (Lipinski definition) is 2. The lowest BCUT2D eigenvalue weighted by atomic mass is 10.2. The van der Waals surface area contributed by atoms with Crippen molar-refractivity contribution in [3.8, 4) is 5.69 Å². The van der Waals surface area contributed by atoms with Crippen LogP contribution in [-0.4, -0.2) is 37.3 Å². The summed E-state index contributed by atoms with van der Waals surface area (Å²) in [5, 5.41) is 15.3. The lowest BCUT2D eigenvalue weighted by Gasteiger charge is -2.11. The predicted molar refractivity (Wildman–Crippen MR) is 135 cm³/mol. The Balaban J connectivity index is 1.31. The molecular formula is C24H20N6O3S2. The van der Waals surface area contributed by atoms with Crippen LogP contribution in [0.4, 0.5) is 5.13 Å². The molecule has 2 N–H and O–H groups in total. The number of para-hydroxylation sites is 1. The molecule has 0 bridgehead atoms. The van der Waals surface area contributed by atoms with Crippen molar-refractivity contribution in [2.45, 2.75) is 18.6 Å². The zero-order valence-corrected chi connectivity index (χ0v) is 20.2. The largest absolute Gasteiger partial charge is 0.459 e. The van der Waals surface area contributed by atoms with E-state index in [0.29, 0.717) is 16.1 Å². The average molecular weight is 505 g/mol. The van der Waals surface area contributed by atoms with Crippen LogP contribution in [0.1, 0.15) is 21.9 Å². The highest BCUT2D eigenvalue weighted by Gasteiger charge is 2.18. The van der Waals surface area contributed by atoms with Crippen LogP contribution in [0.5, 0.6) is 0 Å². The third-order valence-electron chi connectivity index (χ3n) is 4.98. The minimum atomic E-state index is -0.349. The van der Waals surface area contributed by atoms with Crippen LogP contribution in [0.3, 0.4) is 0 Å². The molecule has 2 aromatic carbocycles. The fraction of sp³-hybridized carbons (Fsp3) is 0.125. The number of aryl methyl sites for hydroxylation is 1. The summed E-state index contributed by atoms with van der Waals surface area (Å²) in [6, 6.07) is 18.8. The molecule has 0 atom stereocenters. The molecule has 9 nitrogen and oxygen atoms in total. The summed E-state index contributed by atoms with van der Waals surface area (Å²) >= 11 is 2.69. The van der Waals surface area contributed by atoms with Crippen LogP contribution in [-0.2, 0) is 11.3 Å². The number of amides is 2. The fourth-order valence-corrected chi connectivity index (χ4v) is 5.05. The zero-order chi connectivity index (χ0) is 24.2. The van der Waals surface area contributed by atoms with E-state index in [9.17, 15) is 9.59 Å². The van der Waals surface area contributed by atoms with Crippen LogP contribution >= 0.6 is 23.1 Å². The third kappa shape index (κ3) is 5.26. The van der Waals surface area contributed by atoms with Gasteiger partial charge in [-0.15, -0.1) is 10.2 Å². The number of carbonyl (C=O) groups excluding carboxylic acids is 2. The Kier molecular flexibility index (Phi) is 6.59. The number of benzene rings is 2. The first-order valence-electron chi connectivity index (χ1n) is 10.7. The molecule has 2 amide bonds. The second-order valence-electron chi connectivity index (χ2n) is 7.56. The lowest BCUT2D eigenvalue weighted by Crippen LogP contribution is -2.24. The maximum atomic E-state index is 12.6. The number of carbonyl (C=O) groups is 2. The smallest absolute Gasteiger partial charge is 0.287 e. The number of thioether (sulfide) groups is 1. The van der Waals surface area contributed by atoms with Crippen LogP contribution in [0.15, 0.2) is 76.5 Å². The molecule has 0 aliphatic rings. The van der Waals surface area contributed by atoms with Crippen molar-refractivity contribution in [1.29, 1.82) is 0 Å². The summed E-state index contributed by atoms with van der Waals surface area (Å²) in [5.74, 6) is 0.328. The van der Waals surface area contributed by atoms with Gasteiger partial charge in [-0.2, -0.15) is 0 Å². The SMILES string of the molecule is Cc1cccc(-n2c(CNC(=O)c3ccco3)nnc2SCC(=O)Nc2nc3ccccc3s2)c1. The highest BCUT2D eigenvalue weighted by atomic mass is 32.2. The van der Waals surface area contributed by atoms with Gasteiger partial charge in [0.15, 0.2) is 21.9 Å². The molecule has 3 heterocycles. The Bertz CT molecular complexity index is 1460. The van der Waals surface area contributed by atoms with Gasteiger partial charge in [0.2, 0.25) is 5.91 Å². The van der Waals surface area contributed by atoms with E-state index in [4.69, 9.17) is 4.42 Å². The predicted octanol–water partition coefficient (Wildman–Crippen LogP) is 4.44. The van der Waals surface area contributed by atoms with Crippen LogP contribution in [0.25, 0.3) is 15.9 Å². The number of furan rings is 1. The van der Waals surface area contributed by atoms with Gasteiger partial charge in [0.1, 0.15) is 0 Å². The van der Waals surface area contributed by atoms with Crippen molar-refractivity contribution in [2.24, 2.45) is 0 Å². The monoisotopic (exact) mass is 504 g/mol. The number of thiazole rings is 1. The second-order valence-corrected chi connectivity index (χ2v) is 9.53. The summed E-state index contributed by atoms with van der Waals surface area (Å²) in [7, 11) is 0. The second kappa shape index (κ2) is 10.1. The van der Waals surface area contributed by atoms with Crippen molar-refractivity contribution in [3.05, 3.63) is 84.1 Å². The normalized spacial score (nSPS) is 11.0. The zero-order valence-electron chi connectivity index (χ0n) is 18.6. The first-order valence-corrected chi connectivity index (χ1v) is 12.5. The van der Waals surface area contributed by atoms with Crippen molar-refractivity contribution in [1.82, 2.24) is 25.1 Å². The quantitative estimate of drug-likeness (QED) is 0.300. The van der Waals surface area contributed by atoms with Crippen molar-refractivity contribution in [3.63, 3.8) is 0 Å². The molecule has 0 saturated carbocycles. The van der Waals surface area contributed by atoms with E-state index in [1.807, 2.05) is 60.0 Å². The molecule has 5 aromatic rings. The number of hydrogen-bond acceptors (Lipinski definition) is 8. The fourth-order valence-electron chi connectivity index (χ4n) is 3.40. The molecule has 3 aromatic heterocycles. The molecule has 5 rings (SSSR count). The number of nitrogens with zero attached hydrogens (tertiary/aromatic N) is 4. The van der Waals surface area contributed by atoms with Gasteiger partial charge < -0.3 is 15.1 Å². The molecule has 0 aliphatic carbocycles. The Hall–Kier alpha value is -3.96. The van der Waals surface area contributed by atoms with Crippen molar-refractivity contribution in [2.75, 3.05) is 11.1 Å². The minimum absolute atomic E-state index is 0.124. The summed E-state index contributed by atoms with van der Waals surface area (Å²) in [4.78, 5) is 29.4. The standard InChI is InChI=1S/C24H20N6O3S2/c1-15-6-4-7-16(12-15)30-20(13-25-22(32)18-9-5-11-33-18)28-29-24(30)34-14-21(31)27-23-26-17-8-2-3-10-19(17)35-23/h2-12H,13-14H2,1H3,(H,25,32)(H,26,27,31). The Morgan fingerprint density at radius 2 is 1.97 bits per heavy atom. The minimum Gasteiger partial charge on any atom is -0.459 e. The van der Waals surface area contributed by atoms with Gasteiger partial charge in [-0.1, -0.05) is 47.4 Å². The topological polar surface area (TPSA) is 115 Å². The summed E-state index contributed by atoms with van der Waals surface area (Å²) < 4.78 is 7.99. The van der Waals surface area contributed by atoms with Gasteiger partial charge in [0, 0.05) is 5.69 Å². The first-order chi connectivity index (χ1) is 17.1. The highest BCUT2D eigenvalue weighted by molar-refractivity contribution is 7.99. The van der Waals surface area contributed by atoms with E-state index in [-0.39, 0.29) is 29.9 Å². The Morgan fingerprint density at radius 3 is 2.77 bits per heavy atom. The number of rotatable bonds is 8. The number of anilines is 1. The number of aromatic nitrogens is 4. The van der Waals surface area contributed by atoms with E-state index in [0.717, 1.165) is 21.5 Å². The molecule has 0 unspecified atom stereocenters.